The lowest BCUT2D eigenvalue weighted by Crippen LogP contribution is -2.41. The maximum absolute atomic E-state index is 11.6. The third-order valence-corrected chi connectivity index (χ3v) is 23.5. The Morgan fingerprint density at radius 3 is 1.10 bits per heavy atom. The number of hydrogen-bond acceptors (Lipinski definition) is 23. The first-order chi connectivity index (χ1) is 57.7. The zero-order valence-electron chi connectivity index (χ0n) is 79.2. The molecule has 6 fully saturated rings. The fourth-order valence-corrected chi connectivity index (χ4v) is 11.5. The molecule has 0 radical (unpaired) electrons. The number of aliphatic hydroxyl groups is 3. The molecule has 4 aromatic rings. The summed E-state index contributed by atoms with van der Waals surface area (Å²) in [6.07, 6.45) is 21.4. The Labute approximate surface area is 741 Å². The van der Waals surface area contributed by atoms with Gasteiger partial charge in [-0.05, 0) is 282 Å². The van der Waals surface area contributed by atoms with Crippen LogP contribution in [-0.2, 0) is 69.2 Å². The molecule has 28 heteroatoms. The van der Waals surface area contributed by atoms with Gasteiger partial charge < -0.3 is 94.7 Å². The number of aryl methyl sites for hydroxylation is 3. The zero-order valence-corrected chi connectivity index (χ0v) is 79.2. The molecular formula is C96H138B5NO22. The van der Waals surface area contributed by atoms with Crippen molar-refractivity contribution in [2.24, 2.45) is 0 Å². The van der Waals surface area contributed by atoms with E-state index in [0.717, 1.165) is 64.2 Å². The van der Waals surface area contributed by atoms with Gasteiger partial charge in [0.25, 0.3) is 0 Å². The van der Waals surface area contributed by atoms with E-state index in [-0.39, 0.29) is 128 Å². The molecular weight excluding hydrogens is 1570 g/mol. The minimum absolute atomic E-state index is 0.0179. The van der Waals surface area contributed by atoms with Gasteiger partial charge in [0.2, 0.25) is 0 Å². The minimum atomic E-state index is -0.379. The molecule has 0 atom stereocenters. The second-order valence-electron chi connectivity index (χ2n) is 36.4. The molecule has 124 heavy (non-hydrogen) atoms. The second-order valence-corrected chi connectivity index (χ2v) is 36.4. The van der Waals surface area contributed by atoms with Gasteiger partial charge in [-0.1, -0.05) is 98.2 Å². The normalized spacial score (nSPS) is 19.9. The van der Waals surface area contributed by atoms with E-state index in [1.165, 1.54) is 12.1 Å². The van der Waals surface area contributed by atoms with Gasteiger partial charge in [-0.15, -0.1) is 18.8 Å². The highest BCUT2D eigenvalue weighted by Gasteiger charge is 2.54. The lowest BCUT2D eigenvalue weighted by molar-refractivity contribution is 0.00578. The van der Waals surface area contributed by atoms with Gasteiger partial charge >= 0.3 is 35.6 Å². The van der Waals surface area contributed by atoms with Crippen LogP contribution in [0.1, 0.15) is 231 Å². The molecule has 7 aliphatic heterocycles. The van der Waals surface area contributed by atoms with Crippen molar-refractivity contribution in [1.29, 1.82) is 0 Å². The third kappa shape index (κ3) is 30.9. The van der Waals surface area contributed by atoms with E-state index in [2.05, 4.69) is 58.0 Å². The van der Waals surface area contributed by atoms with Gasteiger partial charge in [0, 0.05) is 24.1 Å². The first kappa shape index (κ1) is 106. The lowest BCUT2D eigenvalue weighted by atomic mass is 9.90. The zero-order chi connectivity index (χ0) is 93.1. The van der Waals surface area contributed by atoms with Gasteiger partial charge in [0.05, 0.1) is 80.4 Å². The predicted molar refractivity (Wildman–Crippen MR) is 496 cm³/mol. The monoisotopic (exact) mass is 1710 g/mol. The molecule has 3 N–H and O–H groups in total. The van der Waals surface area contributed by atoms with Crippen LogP contribution in [0.4, 0.5) is 0 Å². The molecule has 7 heterocycles. The van der Waals surface area contributed by atoms with E-state index < -0.39 is 0 Å². The van der Waals surface area contributed by atoms with Gasteiger partial charge in [-0.2, -0.15) is 0 Å². The number of hydrogen-bond donors (Lipinski definition) is 3. The molecule has 0 unspecified atom stereocenters. The molecule has 1 aliphatic carbocycles. The van der Waals surface area contributed by atoms with E-state index in [0.29, 0.717) is 67.1 Å². The fraction of sp³-hybridized carbons (Fsp3) is 0.531. The average Bonchev–Trinajstić information content (AvgIpc) is 1.74. The molecule has 4 aromatic carbocycles. The summed E-state index contributed by atoms with van der Waals surface area (Å²) in [7, 11) is -1.59. The molecule has 0 bridgehead atoms. The number of nitrogens with zero attached hydrogens (tertiary/aromatic N) is 1. The van der Waals surface area contributed by atoms with Gasteiger partial charge in [-0.25, -0.2) is 4.98 Å². The Balaban J connectivity index is 0.000000274. The van der Waals surface area contributed by atoms with Gasteiger partial charge in [-0.3, -0.25) is 9.59 Å². The van der Waals surface area contributed by atoms with E-state index in [9.17, 15) is 9.59 Å². The SMILES string of the molecule is C#CCC.C#CCO.CC/C=C/B1OC(C)(C)C(C)(C)O1.CC1(C)OB(/C=C/CO)OC1(C)C.CC1(C)OCOC1(C)C.Cc1cc(C=O)ccc1OC/C=C/B1OC(C)(C)C(C)(C)O1.Cc1cc(CO)ccc1OC/C=C/B1OC(C)(C)C(C)(C)O1.Cc1cc(COc2ccc3nc4ccc(=O)cc-4oc3c2)ccc1OC/C=C/B1OC(C)(C)C(C)(C)O1. The number of benzene rings is 5. The number of allylic oxidation sites excluding steroid dienone is 1. The Morgan fingerprint density at radius 2 is 0.782 bits per heavy atom. The van der Waals surface area contributed by atoms with Crippen molar-refractivity contribution in [2.45, 2.75) is 294 Å². The maximum atomic E-state index is 11.6. The Hall–Kier alpha value is -8.09. The Morgan fingerprint density at radius 1 is 0.427 bits per heavy atom. The molecule has 0 amide bonds. The van der Waals surface area contributed by atoms with E-state index >= 15 is 0 Å². The molecule has 0 spiro atoms. The molecule has 0 saturated carbocycles. The van der Waals surface area contributed by atoms with Crippen molar-refractivity contribution in [3.63, 3.8) is 0 Å². The maximum Gasteiger partial charge on any atom is 0.486 e. The first-order valence-electron chi connectivity index (χ1n) is 42.4. The largest absolute Gasteiger partial charge is 0.489 e. The Bertz CT molecular complexity index is 4500. The standard InChI is InChI=1S/C29H30BNO6.C17H25BO4.C17H23BO4.C10H19BO2.C9H17BO3.C7H14O2.C4H6.C3H4O/c1-19-15-20(7-12-25(19)33-14-6-13-30-36-28(2,3)29(4,5)37-30)18-34-22-9-11-24-27(17-22)35-26-16-21(32)8-10-23(26)31-24;2*1-13-11-14(12-19)7-8-15(13)20-10-6-9-18-21-16(2,3)17(4,5)22-18;1-6-7-8-11-12-9(2,3)10(4,5)13-11;1-8(2)9(3,4)13-10(12-8)6-5-7-11;1-6(2)7(3,4)9-5-8-6;1-3-4-2;1-2-3-4/h6-13,15-17H,14,18H2,1-5H3;6-9,11,19H,10,12H2,1-5H3;6-9,11-12H,10H2,1-5H3;7-8H,6H2,1-5H3;5-6,11H,7H2,1-4H3;5H2,1-4H3;1H,4H2,2H3;1,4H,3H2/b13-6+;2*9-6+;8-7+;6-5+;;;. The second kappa shape index (κ2) is 46.1. The summed E-state index contributed by atoms with van der Waals surface area (Å²) in [4.78, 5) is 26.9. The summed E-state index contributed by atoms with van der Waals surface area (Å²) in [5.41, 5.74) is 4.01. The molecule has 0 aromatic heterocycles. The quantitative estimate of drug-likeness (QED) is 0.0261. The first-order valence-corrected chi connectivity index (χ1v) is 42.4. The summed E-state index contributed by atoms with van der Waals surface area (Å²) in [6.45, 7) is 60.7. The van der Waals surface area contributed by atoms with Crippen molar-refractivity contribution in [1.82, 2.24) is 4.98 Å². The van der Waals surface area contributed by atoms with Crippen molar-refractivity contribution in [3.05, 3.63) is 195 Å². The predicted octanol–water partition coefficient (Wildman–Crippen LogP) is 18.1. The molecule has 8 aliphatic rings. The molecule has 23 nitrogen and oxygen atoms in total. The molecule has 12 rings (SSSR count). The summed E-state index contributed by atoms with van der Waals surface area (Å²) in [5.74, 6) is 17.3. The number of carbonyl (C=O) groups excluding carboxylic acids is 1. The van der Waals surface area contributed by atoms with Crippen LogP contribution in [0.3, 0.4) is 0 Å². The van der Waals surface area contributed by atoms with Gasteiger partial charge in [0.1, 0.15) is 80.3 Å². The number of terminal acetylenes is 2. The highest BCUT2D eigenvalue weighted by Crippen LogP contribution is 2.42. The minimum Gasteiger partial charge on any atom is -0.489 e. The highest BCUT2D eigenvalue weighted by atomic mass is 16.7. The third-order valence-electron chi connectivity index (χ3n) is 23.5. The molecule has 674 valence electrons. The topological polar surface area (TPSA) is 269 Å². The number of fused-ring (bicyclic) bond motifs is 2. The van der Waals surface area contributed by atoms with Crippen LogP contribution in [0.5, 0.6) is 23.0 Å². The number of carbonyl (C=O) groups is 1. The van der Waals surface area contributed by atoms with Crippen molar-refractivity contribution >= 4 is 53.0 Å². The summed E-state index contributed by atoms with van der Waals surface area (Å²) in [6, 6.07) is 27.1. The number of aldehydes is 1. The van der Waals surface area contributed by atoms with Crippen LogP contribution >= 0.6 is 0 Å². The number of aliphatic hydroxyl groups excluding tert-OH is 3. The molecule has 6 saturated heterocycles. The highest BCUT2D eigenvalue weighted by molar-refractivity contribution is 6.53. The van der Waals surface area contributed by atoms with Crippen LogP contribution in [0.2, 0.25) is 0 Å². The number of ether oxygens (including phenoxy) is 6. The van der Waals surface area contributed by atoms with Crippen molar-refractivity contribution in [3.8, 4) is 59.1 Å². The van der Waals surface area contributed by atoms with E-state index in [1.54, 1.807) is 36.3 Å². The fourth-order valence-electron chi connectivity index (χ4n) is 11.5. The van der Waals surface area contributed by atoms with Crippen LogP contribution in [0.25, 0.3) is 22.6 Å². The Kier molecular flexibility index (Phi) is 39.5. The van der Waals surface area contributed by atoms with Crippen molar-refractivity contribution in [2.75, 3.05) is 39.8 Å². The average molecular weight is 1710 g/mol. The smallest absolute Gasteiger partial charge is 0.486 e. The van der Waals surface area contributed by atoms with E-state index in [4.69, 9.17) is 101 Å². The van der Waals surface area contributed by atoms with Gasteiger partial charge in [0.15, 0.2) is 16.8 Å². The summed E-state index contributed by atoms with van der Waals surface area (Å²) < 4.78 is 98.1. The number of aromatic nitrogens is 1. The van der Waals surface area contributed by atoms with Crippen LogP contribution in [-0.4, -0.2) is 169 Å². The van der Waals surface area contributed by atoms with Crippen LogP contribution < -0.4 is 24.4 Å². The van der Waals surface area contributed by atoms with E-state index in [1.807, 2.05) is 269 Å². The number of rotatable bonds is 21. The van der Waals surface area contributed by atoms with Crippen LogP contribution in [0.15, 0.2) is 160 Å². The van der Waals surface area contributed by atoms with Crippen molar-refractivity contribution < 1.29 is 99.5 Å². The van der Waals surface area contributed by atoms with Crippen LogP contribution in [0, 0.1) is 45.5 Å². The summed E-state index contributed by atoms with van der Waals surface area (Å²) >= 11 is 0. The lowest BCUT2D eigenvalue weighted by Gasteiger charge is -2.32. The summed E-state index contributed by atoms with van der Waals surface area (Å²) in [5, 5.41) is 25.3.